The maximum atomic E-state index is 8.67. The molecule has 68 valence electrons. The van der Waals surface area contributed by atoms with Crippen LogP contribution in [0.2, 0.25) is 0 Å². The molecule has 1 rings (SSSR count). The highest BCUT2D eigenvalue weighted by molar-refractivity contribution is 5.32. The van der Waals surface area contributed by atoms with Gasteiger partial charge in [-0.05, 0) is 37.2 Å². The molecule has 0 amide bonds. The van der Waals surface area contributed by atoms with Crippen LogP contribution in [0, 0.1) is 11.3 Å². The Morgan fingerprint density at radius 2 is 2.31 bits per heavy atom. The number of nitrogens with zero attached hydrogens (tertiary/aromatic N) is 1. The number of hydrogen-bond donors (Lipinski definition) is 1. The van der Waals surface area contributed by atoms with E-state index in [0.717, 1.165) is 25.1 Å². The number of nitriles is 1. The molecule has 0 radical (unpaired) electrons. The second-order valence-electron chi connectivity index (χ2n) is 2.92. The molecule has 1 aromatic carbocycles. The van der Waals surface area contributed by atoms with E-state index in [2.05, 4.69) is 24.4 Å². The van der Waals surface area contributed by atoms with E-state index in [4.69, 9.17) is 5.26 Å². The summed E-state index contributed by atoms with van der Waals surface area (Å²) in [4.78, 5) is 0. The lowest BCUT2D eigenvalue weighted by molar-refractivity contribution is 0.716. The Kier molecular flexibility index (Phi) is 4.01. The molecule has 0 spiro atoms. The van der Waals surface area contributed by atoms with Crippen LogP contribution in [0.1, 0.15) is 18.1 Å². The maximum Gasteiger partial charge on any atom is 0.0991 e. The molecule has 0 aromatic heterocycles. The van der Waals surface area contributed by atoms with Gasteiger partial charge in [0.15, 0.2) is 0 Å². The van der Waals surface area contributed by atoms with Crippen molar-refractivity contribution >= 4 is 0 Å². The summed E-state index contributed by atoms with van der Waals surface area (Å²) in [6.45, 7) is 4.06. The first-order chi connectivity index (χ1) is 6.36. The molecular weight excluding hydrogens is 160 g/mol. The zero-order valence-electron chi connectivity index (χ0n) is 7.88. The number of rotatable bonds is 4. The topological polar surface area (TPSA) is 35.8 Å². The van der Waals surface area contributed by atoms with E-state index < -0.39 is 0 Å². The van der Waals surface area contributed by atoms with Crippen molar-refractivity contribution in [3.8, 4) is 6.07 Å². The summed E-state index contributed by atoms with van der Waals surface area (Å²) >= 11 is 0. The molecule has 0 bridgehead atoms. The third-order valence-electron chi connectivity index (χ3n) is 1.90. The lowest BCUT2D eigenvalue weighted by Crippen LogP contribution is -2.15. The van der Waals surface area contributed by atoms with E-state index in [-0.39, 0.29) is 0 Å². The van der Waals surface area contributed by atoms with Crippen LogP contribution in [0.5, 0.6) is 0 Å². The minimum absolute atomic E-state index is 0.744. The second-order valence-corrected chi connectivity index (χ2v) is 2.92. The van der Waals surface area contributed by atoms with Gasteiger partial charge in [0.25, 0.3) is 0 Å². The van der Waals surface area contributed by atoms with Gasteiger partial charge in [0.1, 0.15) is 0 Å². The van der Waals surface area contributed by atoms with Gasteiger partial charge < -0.3 is 5.32 Å². The highest BCUT2D eigenvalue weighted by Crippen LogP contribution is 2.03. The van der Waals surface area contributed by atoms with E-state index in [1.165, 1.54) is 5.56 Å². The molecule has 13 heavy (non-hydrogen) atoms. The van der Waals surface area contributed by atoms with Crippen LogP contribution < -0.4 is 5.32 Å². The van der Waals surface area contributed by atoms with Gasteiger partial charge in [0.2, 0.25) is 0 Å². The van der Waals surface area contributed by atoms with Gasteiger partial charge in [-0.15, -0.1) is 0 Å². The van der Waals surface area contributed by atoms with Crippen molar-refractivity contribution in [2.75, 3.05) is 13.1 Å². The number of likely N-dealkylation sites (N-methyl/N-ethyl adjacent to an activating group) is 1. The Morgan fingerprint density at radius 3 is 3.00 bits per heavy atom. The molecule has 2 nitrogen and oxygen atoms in total. The number of hydrogen-bond acceptors (Lipinski definition) is 2. The first kappa shape index (κ1) is 9.76. The van der Waals surface area contributed by atoms with Gasteiger partial charge >= 0.3 is 0 Å². The van der Waals surface area contributed by atoms with Gasteiger partial charge in [0.05, 0.1) is 11.6 Å². The molecule has 1 aromatic rings. The van der Waals surface area contributed by atoms with Crippen LogP contribution in [0.3, 0.4) is 0 Å². The SMILES string of the molecule is CCNCCc1cccc(C#N)c1. The van der Waals surface area contributed by atoms with Crippen molar-refractivity contribution in [3.63, 3.8) is 0 Å². The predicted molar refractivity (Wildman–Crippen MR) is 53.4 cm³/mol. The smallest absolute Gasteiger partial charge is 0.0991 e. The van der Waals surface area contributed by atoms with Crippen molar-refractivity contribution in [1.29, 1.82) is 5.26 Å². The second kappa shape index (κ2) is 5.34. The van der Waals surface area contributed by atoms with E-state index in [1.54, 1.807) is 0 Å². The minimum atomic E-state index is 0.744. The Labute approximate surface area is 79.2 Å². The van der Waals surface area contributed by atoms with Crippen molar-refractivity contribution in [2.24, 2.45) is 0 Å². The molecule has 2 heteroatoms. The van der Waals surface area contributed by atoms with Crippen molar-refractivity contribution < 1.29 is 0 Å². The van der Waals surface area contributed by atoms with Crippen molar-refractivity contribution in [2.45, 2.75) is 13.3 Å². The largest absolute Gasteiger partial charge is 0.317 e. The quantitative estimate of drug-likeness (QED) is 0.705. The third kappa shape index (κ3) is 3.27. The van der Waals surface area contributed by atoms with Crippen LogP contribution in [-0.4, -0.2) is 13.1 Å². The molecule has 0 aliphatic heterocycles. The highest BCUT2D eigenvalue weighted by Gasteiger charge is 1.93. The van der Waals surface area contributed by atoms with Crippen LogP contribution in [-0.2, 0) is 6.42 Å². The van der Waals surface area contributed by atoms with Gasteiger partial charge in [-0.25, -0.2) is 0 Å². The summed E-state index contributed by atoms with van der Waals surface area (Å²) in [5, 5.41) is 11.9. The minimum Gasteiger partial charge on any atom is -0.317 e. The molecule has 0 atom stereocenters. The van der Waals surface area contributed by atoms with Crippen LogP contribution >= 0.6 is 0 Å². The average molecular weight is 174 g/mol. The molecule has 0 aliphatic rings. The molecular formula is C11H14N2. The molecule has 0 saturated heterocycles. The summed E-state index contributed by atoms with van der Waals surface area (Å²) in [6, 6.07) is 9.89. The Hall–Kier alpha value is -1.33. The monoisotopic (exact) mass is 174 g/mol. The van der Waals surface area contributed by atoms with Gasteiger partial charge in [-0.1, -0.05) is 19.1 Å². The fraction of sp³-hybridized carbons (Fsp3) is 0.364. The highest BCUT2D eigenvalue weighted by atomic mass is 14.8. The predicted octanol–water partition coefficient (Wildman–Crippen LogP) is 1.71. The lowest BCUT2D eigenvalue weighted by atomic mass is 10.1. The molecule has 0 unspecified atom stereocenters. The molecule has 0 saturated carbocycles. The fourth-order valence-corrected chi connectivity index (χ4v) is 1.21. The first-order valence-corrected chi connectivity index (χ1v) is 4.56. The van der Waals surface area contributed by atoms with Crippen LogP contribution in [0.25, 0.3) is 0 Å². The zero-order chi connectivity index (χ0) is 9.52. The summed E-state index contributed by atoms with van der Waals surface area (Å²) in [5.41, 5.74) is 1.97. The summed E-state index contributed by atoms with van der Waals surface area (Å²) in [5.74, 6) is 0. The van der Waals surface area contributed by atoms with Gasteiger partial charge in [-0.3, -0.25) is 0 Å². The Bertz CT molecular complexity index is 299. The van der Waals surface area contributed by atoms with Crippen molar-refractivity contribution in [3.05, 3.63) is 35.4 Å². The molecule has 1 N–H and O–H groups in total. The van der Waals surface area contributed by atoms with E-state index in [9.17, 15) is 0 Å². The Morgan fingerprint density at radius 1 is 1.46 bits per heavy atom. The lowest BCUT2D eigenvalue weighted by Gasteiger charge is -2.01. The standard InChI is InChI=1S/C11H14N2/c1-2-13-7-6-10-4-3-5-11(8-10)9-12/h3-5,8,13H,2,6-7H2,1H3. The third-order valence-corrected chi connectivity index (χ3v) is 1.90. The van der Waals surface area contributed by atoms with E-state index in [1.807, 2.05) is 18.2 Å². The number of nitrogens with one attached hydrogen (secondary N) is 1. The van der Waals surface area contributed by atoms with Crippen LogP contribution in [0.15, 0.2) is 24.3 Å². The maximum absolute atomic E-state index is 8.67. The Balaban J connectivity index is 2.52. The normalized spacial score (nSPS) is 9.54. The van der Waals surface area contributed by atoms with Gasteiger partial charge in [-0.2, -0.15) is 5.26 Å². The van der Waals surface area contributed by atoms with Gasteiger partial charge in [0, 0.05) is 0 Å². The zero-order valence-corrected chi connectivity index (χ0v) is 7.88. The molecule has 0 aliphatic carbocycles. The fourth-order valence-electron chi connectivity index (χ4n) is 1.21. The molecule has 0 heterocycles. The van der Waals surface area contributed by atoms with E-state index >= 15 is 0 Å². The first-order valence-electron chi connectivity index (χ1n) is 4.56. The summed E-state index contributed by atoms with van der Waals surface area (Å²) < 4.78 is 0. The van der Waals surface area contributed by atoms with E-state index in [0.29, 0.717) is 0 Å². The summed E-state index contributed by atoms with van der Waals surface area (Å²) in [7, 11) is 0. The van der Waals surface area contributed by atoms with Crippen molar-refractivity contribution in [1.82, 2.24) is 5.32 Å². The van der Waals surface area contributed by atoms with Crippen LogP contribution in [0.4, 0.5) is 0 Å². The number of benzene rings is 1. The molecule has 0 fully saturated rings. The average Bonchev–Trinajstić information content (AvgIpc) is 2.19. The summed E-state index contributed by atoms with van der Waals surface area (Å²) in [6.07, 6.45) is 0.989.